The summed E-state index contributed by atoms with van der Waals surface area (Å²) in [6.07, 6.45) is 9.22. The predicted molar refractivity (Wildman–Crippen MR) is 113 cm³/mol. The van der Waals surface area contributed by atoms with Crippen molar-refractivity contribution in [2.45, 2.75) is 44.6 Å². The standard InChI is InChI=1S/C23H26FN3O3/c1-2-6-18-19(9-5-12-24)26-21(25-18)14-20(23(29)30)27-22(28)17-11-10-15-7-3-4-8-16(15)13-17/h2,5,9-11,13,20H,1,3-4,6-8,12,14H2,(H,25,26)(H,27,28)(H,29,30)/b9-5-. The fourth-order valence-corrected chi connectivity index (χ4v) is 3.68. The topological polar surface area (TPSA) is 95.1 Å². The van der Waals surface area contributed by atoms with Crippen molar-refractivity contribution in [2.75, 3.05) is 6.67 Å². The number of H-pyrrole nitrogens is 1. The number of hydrogen-bond acceptors (Lipinski definition) is 3. The lowest BCUT2D eigenvalue weighted by Crippen LogP contribution is -2.42. The van der Waals surface area contributed by atoms with E-state index in [4.69, 9.17) is 0 Å². The number of halogens is 1. The van der Waals surface area contributed by atoms with Gasteiger partial charge in [0.25, 0.3) is 5.91 Å². The molecule has 0 saturated heterocycles. The number of nitrogens with zero attached hydrogens (tertiary/aromatic N) is 1. The molecule has 30 heavy (non-hydrogen) atoms. The molecule has 7 heteroatoms. The van der Waals surface area contributed by atoms with E-state index < -0.39 is 24.6 Å². The molecular weight excluding hydrogens is 385 g/mol. The molecule has 0 radical (unpaired) electrons. The van der Waals surface area contributed by atoms with Crippen molar-refractivity contribution in [1.29, 1.82) is 0 Å². The van der Waals surface area contributed by atoms with Crippen molar-refractivity contribution in [1.82, 2.24) is 15.3 Å². The Morgan fingerprint density at radius 1 is 1.30 bits per heavy atom. The van der Waals surface area contributed by atoms with Gasteiger partial charge in [0.2, 0.25) is 0 Å². The van der Waals surface area contributed by atoms with E-state index in [1.807, 2.05) is 12.1 Å². The fraction of sp³-hybridized carbons (Fsp3) is 0.348. The number of carbonyl (C=O) groups excluding carboxylic acids is 1. The maximum atomic E-state index is 12.7. The van der Waals surface area contributed by atoms with Crippen molar-refractivity contribution in [3.8, 4) is 0 Å². The number of rotatable bonds is 9. The van der Waals surface area contributed by atoms with Gasteiger partial charge in [-0.05, 0) is 55.0 Å². The zero-order chi connectivity index (χ0) is 21.5. The third-order valence-electron chi connectivity index (χ3n) is 5.18. The van der Waals surface area contributed by atoms with Gasteiger partial charge in [-0.3, -0.25) is 4.79 Å². The number of carbonyl (C=O) groups is 2. The number of aliphatic carboxylic acids is 1. The van der Waals surface area contributed by atoms with E-state index in [0.717, 1.165) is 36.9 Å². The smallest absolute Gasteiger partial charge is 0.326 e. The van der Waals surface area contributed by atoms with Gasteiger partial charge in [-0.1, -0.05) is 18.2 Å². The van der Waals surface area contributed by atoms with Crippen LogP contribution in [0.4, 0.5) is 4.39 Å². The van der Waals surface area contributed by atoms with Crippen LogP contribution in [0.3, 0.4) is 0 Å². The first kappa shape index (κ1) is 21.5. The maximum Gasteiger partial charge on any atom is 0.326 e. The lowest BCUT2D eigenvalue weighted by Gasteiger charge is -2.17. The minimum Gasteiger partial charge on any atom is -0.480 e. The van der Waals surface area contributed by atoms with Gasteiger partial charge in [-0.15, -0.1) is 6.58 Å². The summed E-state index contributed by atoms with van der Waals surface area (Å²) in [7, 11) is 0. The molecule has 1 aliphatic rings. The number of aromatic amines is 1. The molecule has 3 N–H and O–H groups in total. The molecule has 0 bridgehead atoms. The van der Waals surface area contributed by atoms with Gasteiger partial charge in [0, 0.05) is 24.1 Å². The molecule has 0 aliphatic heterocycles. The largest absolute Gasteiger partial charge is 0.480 e. The first-order valence-corrected chi connectivity index (χ1v) is 10.1. The summed E-state index contributed by atoms with van der Waals surface area (Å²) in [6.45, 7) is 3.06. The molecule has 0 fully saturated rings. The summed E-state index contributed by atoms with van der Waals surface area (Å²) in [5, 5.41) is 12.2. The van der Waals surface area contributed by atoms with E-state index in [9.17, 15) is 19.1 Å². The second-order valence-corrected chi connectivity index (χ2v) is 7.36. The summed E-state index contributed by atoms with van der Waals surface area (Å²) < 4.78 is 12.5. The van der Waals surface area contributed by atoms with Gasteiger partial charge in [-0.25, -0.2) is 14.2 Å². The first-order valence-electron chi connectivity index (χ1n) is 10.1. The van der Waals surface area contributed by atoms with Gasteiger partial charge in [0.15, 0.2) is 0 Å². The quantitative estimate of drug-likeness (QED) is 0.551. The lowest BCUT2D eigenvalue weighted by atomic mass is 9.90. The van der Waals surface area contributed by atoms with Crippen LogP contribution >= 0.6 is 0 Å². The highest BCUT2D eigenvalue weighted by molar-refractivity contribution is 5.96. The number of aromatic nitrogens is 2. The summed E-state index contributed by atoms with van der Waals surface area (Å²) in [6, 6.07) is 4.41. The molecule has 1 amide bonds. The van der Waals surface area contributed by atoms with Gasteiger partial charge in [-0.2, -0.15) is 0 Å². The third-order valence-corrected chi connectivity index (χ3v) is 5.18. The van der Waals surface area contributed by atoms with Crippen molar-refractivity contribution >= 4 is 18.0 Å². The number of aryl methyl sites for hydroxylation is 2. The zero-order valence-corrected chi connectivity index (χ0v) is 16.8. The molecule has 1 heterocycles. The Balaban J connectivity index is 1.75. The van der Waals surface area contributed by atoms with Crippen molar-refractivity contribution < 1.29 is 19.1 Å². The van der Waals surface area contributed by atoms with Crippen LogP contribution < -0.4 is 5.32 Å². The SMILES string of the molecule is C=CCc1[nH]c(CC(NC(=O)c2ccc3c(c2)CCCC3)C(=O)O)nc1/C=C\CF. The summed E-state index contributed by atoms with van der Waals surface area (Å²) in [4.78, 5) is 31.9. The molecule has 0 spiro atoms. The van der Waals surface area contributed by atoms with Gasteiger partial charge >= 0.3 is 5.97 Å². The molecule has 1 aromatic carbocycles. The number of allylic oxidation sites excluding steroid dienone is 2. The lowest BCUT2D eigenvalue weighted by molar-refractivity contribution is -0.139. The Labute approximate surface area is 174 Å². The minimum absolute atomic E-state index is 0.0143. The Hall–Kier alpha value is -3.22. The molecule has 1 unspecified atom stereocenters. The van der Waals surface area contributed by atoms with Gasteiger partial charge in [0.05, 0.1) is 5.69 Å². The number of fused-ring (bicyclic) bond motifs is 1. The summed E-state index contributed by atoms with van der Waals surface area (Å²) in [5.74, 6) is -1.17. The van der Waals surface area contributed by atoms with Crippen molar-refractivity contribution in [3.63, 3.8) is 0 Å². The van der Waals surface area contributed by atoms with E-state index in [1.165, 1.54) is 11.6 Å². The molecule has 6 nitrogen and oxygen atoms in total. The van der Waals surface area contributed by atoms with Crippen LogP contribution in [0.15, 0.2) is 36.9 Å². The number of alkyl halides is 1. The van der Waals surface area contributed by atoms with E-state index >= 15 is 0 Å². The van der Waals surface area contributed by atoms with Crippen LogP contribution in [0.1, 0.15) is 51.5 Å². The van der Waals surface area contributed by atoms with E-state index in [1.54, 1.807) is 18.2 Å². The van der Waals surface area contributed by atoms with E-state index in [2.05, 4.69) is 21.9 Å². The Bertz CT molecular complexity index is 965. The molecule has 1 aromatic heterocycles. The normalized spacial score (nSPS) is 14.3. The van der Waals surface area contributed by atoms with Crippen LogP contribution in [0, 0.1) is 0 Å². The number of imidazole rings is 1. The van der Waals surface area contributed by atoms with Crippen molar-refractivity contribution in [3.05, 3.63) is 70.8 Å². The number of benzene rings is 1. The van der Waals surface area contributed by atoms with E-state index in [-0.39, 0.29) is 6.42 Å². The van der Waals surface area contributed by atoms with E-state index in [0.29, 0.717) is 23.5 Å². The first-order chi connectivity index (χ1) is 14.5. The number of hydrogen-bond donors (Lipinski definition) is 3. The average Bonchev–Trinajstić information content (AvgIpc) is 3.12. The molecule has 1 atom stereocenters. The summed E-state index contributed by atoms with van der Waals surface area (Å²) in [5.41, 5.74) is 4.12. The minimum atomic E-state index is -1.15. The maximum absolute atomic E-state index is 12.7. The highest BCUT2D eigenvalue weighted by Crippen LogP contribution is 2.22. The van der Waals surface area contributed by atoms with Gasteiger partial charge < -0.3 is 15.4 Å². The second kappa shape index (κ2) is 10.0. The molecular formula is C23H26FN3O3. The highest BCUT2D eigenvalue weighted by Gasteiger charge is 2.24. The Kier molecular flexibility index (Phi) is 7.17. The van der Waals surface area contributed by atoms with Crippen LogP contribution in [-0.2, 0) is 30.5 Å². The van der Waals surface area contributed by atoms with Crippen LogP contribution in [0.5, 0.6) is 0 Å². The number of nitrogens with one attached hydrogen (secondary N) is 2. The number of amides is 1. The molecule has 2 aromatic rings. The molecule has 0 saturated carbocycles. The van der Waals surface area contributed by atoms with Crippen LogP contribution in [-0.4, -0.2) is 39.7 Å². The molecule has 3 rings (SSSR count). The monoisotopic (exact) mass is 411 g/mol. The fourth-order valence-electron chi connectivity index (χ4n) is 3.68. The molecule has 158 valence electrons. The number of carboxylic acid groups (broad SMARTS) is 1. The second-order valence-electron chi connectivity index (χ2n) is 7.36. The highest BCUT2D eigenvalue weighted by atomic mass is 19.1. The zero-order valence-electron chi connectivity index (χ0n) is 16.8. The summed E-state index contributed by atoms with van der Waals surface area (Å²) >= 11 is 0. The van der Waals surface area contributed by atoms with Gasteiger partial charge in [0.1, 0.15) is 18.5 Å². The number of carboxylic acids is 1. The van der Waals surface area contributed by atoms with Crippen molar-refractivity contribution in [2.24, 2.45) is 0 Å². The predicted octanol–water partition coefficient (Wildman–Crippen LogP) is 3.43. The van der Waals surface area contributed by atoms with Crippen LogP contribution in [0.25, 0.3) is 6.08 Å². The Morgan fingerprint density at radius 2 is 2.07 bits per heavy atom. The third kappa shape index (κ3) is 5.23. The van der Waals surface area contributed by atoms with Crippen LogP contribution in [0.2, 0.25) is 0 Å². The Morgan fingerprint density at radius 3 is 2.77 bits per heavy atom. The molecule has 1 aliphatic carbocycles. The average molecular weight is 411 g/mol.